The van der Waals surface area contributed by atoms with Gasteiger partial charge in [0.1, 0.15) is 0 Å². The Morgan fingerprint density at radius 2 is 1.81 bits per heavy atom. The van der Waals surface area contributed by atoms with Crippen molar-refractivity contribution in [3.8, 4) is 0 Å². The van der Waals surface area contributed by atoms with Crippen LogP contribution in [0.25, 0.3) is 6.08 Å². The van der Waals surface area contributed by atoms with Crippen molar-refractivity contribution in [3.05, 3.63) is 42.0 Å². The molecule has 0 aromatic heterocycles. The van der Waals surface area contributed by atoms with Gasteiger partial charge in [-0.3, -0.25) is 4.74 Å². The molecule has 6 heteroatoms. The van der Waals surface area contributed by atoms with Gasteiger partial charge in [0.2, 0.25) is 0 Å². The molecule has 0 heterocycles. The summed E-state index contributed by atoms with van der Waals surface area (Å²) in [4.78, 5) is 0. The van der Waals surface area contributed by atoms with Crippen molar-refractivity contribution in [1.29, 1.82) is 0 Å². The minimum atomic E-state index is -1.57. The largest absolute Gasteiger partial charge is 0.382 e. The van der Waals surface area contributed by atoms with E-state index in [-0.39, 0.29) is 0 Å². The summed E-state index contributed by atoms with van der Waals surface area (Å²) in [5.41, 5.74) is 1.15. The topological polar surface area (TPSA) is 49.3 Å². The Hall–Kier alpha value is -0.970. The SMILES string of the molecule is CN=[PH](OC/C=C/c1ccccc1)OCCOCCOC. The highest BCUT2D eigenvalue weighted by molar-refractivity contribution is 7.36. The number of benzene rings is 1. The van der Waals surface area contributed by atoms with Gasteiger partial charge >= 0.3 is 0 Å². The number of rotatable bonds is 11. The van der Waals surface area contributed by atoms with Crippen LogP contribution in [0.4, 0.5) is 0 Å². The molecule has 21 heavy (non-hydrogen) atoms. The zero-order valence-electron chi connectivity index (χ0n) is 12.7. The van der Waals surface area contributed by atoms with E-state index in [0.717, 1.165) is 5.56 Å². The van der Waals surface area contributed by atoms with Crippen LogP contribution in [-0.4, -0.2) is 47.2 Å². The van der Waals surface area contributed by atoms with Crippen LogP contribution in [-0.2, 0) is 18.5 Å². The van der Waals surface area contributed by atoms with E-state index in [9.17, 15) is 0 Å². The minimum absolute atomic E-state index is 0.484. The molecule has 1 aromatic carbocycles. The fraction of sp³-hybridized carbons (Fsp3) is 0.467. The zero-order chi connectivity index (χ0) is 15.2. The molecule has 0 amide bonds. The van der Waals surface area contributed by atoms with Gasteiger partial charge < -0.3 is 18.5 Å². The molecule has 0 fully saturated rings. The van der Waals surface area contributed by atoms with Crippen LogP contribution < -0.4 is 0 Å². The summed E-state index contributed by atoms with van der Waals surface area (Å²) in [6.07, 6.45) is 3.98. The molecule has 0 saturated heterocycles. The lowest BCUT2D eigenvalue weighted by molar-refractivity contribution is 0.0544. The fourth-order valence-corrected chi connectivity index (χ4v) is 2.31. The molecule has 0 bridgehead atoms. The third-order valence-corrected chi connectivity index (χ3v) is 3.71. The number of methoxy groups -OCH3 is 1. The van der Waals surface area contributed by atoms with Crippen LogP contribution in [0.1, 0.15) is 5.56 Å². The van der Waals surface area contributed by atoms with Gasteiger partial charge in [-0.1, -0.05) is 42.5 Å². The van der Waals surface area contributed by atoms with Gasteiger partial charge in [0.15, 0.2) is 8.17 Å². The summed E-state index contributed by atoms with van der Waals surface area (Å²) >= 11 is 0. The molecular weight excluding hydrogens is 289 g/mol. The third kappa shape index (κ3) is 9.56. The maximum absolute atomic E-state index is 5.59. The molecule has 1 atom stereocenters. The summed E-state index contributed by atoms with van der Waals surface area (Å²) in [6.45, 7) is 2.67. The highest BCUT2D eigenvalue weighted by Crippen LogP contribution is 2.27. The van der Waals surface area contributed by atoms with E-state index >= 15 is 0 Å². The average Bonchev–Trinajstić information content (AvgIpc) is 2.53. The van der Waals surface area contributed by atoms with Crippen molar-refractivity contribution in [2.24, 2.45) is 4.74 Å². The van der Waals surface area contributed by atoms with Crippen molar-refractivity contribution >= 4 is 14.2 Å². The predicted molar refractivity (Wildman–Crippen MR) is 86.7 cm³/mol. The number of hydrogen-bond donors (Lipinski definition) is 0. The Labute approximate surface area is 127 Å². The van der Waals surface area contributed by atoms with Crippen LogP contribution in [0.2, 0.25) is 0 Å². The molecule has 1 aromatic rings. The summed E-state index contributed by atoms with van der Waals surface area (Å²) in [5.74, 6) is 0. The first-order valence-electron chi connectivity index (χ1n) is 6.87. The molecule has 1 rings (SSSR count). The molecule has 0 aliphatic carbocycles. The van der Waals surface area contributed by atoms with Crippen molar-refractivity contribution < 1.29 is 18.5 Å². The molecule has 0 spiro atoms. The zero-order valence-corrected chi connectivity index (χ0v) is 13.7. The number of ether oxygens (including phenoxy) is 2. The highest BCUT2D eigenvalue weighted by Gasteiger charge is 1.96. The van der Waals surface area contributed by atoms with Gasteiger partial charge in [-0.25, -0.2) is 0 Å². The van der Waals surface area contributed by atoms with E-state index in [1.165, 1.54) is 0 Å². The Bertz CT molecular complexity index is 423. The summed E-state index contributed by atoms with van der Waals surface area (Å²) in [6, 6.07) is 10.1. The Morgan fingerprint density at radius 3 is 2.52 bits per heavy atom. The van der Waals surface area contributed by atoms with Crippen LogP contribution in [0, 0.1) is 0 Å². The van der Waals surface area contributed by atoms with E-state index in [2.05, 4.69) is 4.74 Å². The maximum atomic E-state index is 5.59. The smallest absolute Gasteiger partial charge is 0.199 e. The molecule has 1 unspecified atom stereocenters. The van der Waals surface area contributed by atoms with E-state index in [1.807, 2.05) is 42.5 Å². The lowest BCUT2D eigenvalue weighted by Crippen LogP contribution is -2.06. The second-order valence-corrected chi connectivity index (χ2v) is 5.62. The van der Waals surface area contributed by atoms with Gasteiger partial charge in [-0.05, 0) is 5.56 Å². The molecule has 0 aliphatic rings. The number of nitrogens with zero attached hydrogens (tertiary/aromatic N) is 1. The molecule has 5 nitrogen and oxygen atoms in total. The van der Waals surface area contributed by atoms with Crippen LogP contribution in [0.5, 0.6) is 0 Å². The second-order valence-electron chi connectivity index (χ2n) is 4.07. The monoisotopic (exact) mass is 313 g/mol. The van der Waals surface area contributed by atoms with Gasteiger partial charge in [0, 0.05) is 14.2 Å². The highest BCUT2D eigenvalue weighted by atomic mass is 31.1. The van der Waals surface area contributed by atoms with Crippen molar-refractivity contribution in [2.75, 3.05) is 47.2 Å². The summed E-state index contributed by atoms with van der Waals surface area (Å²) in [5, 5.41) is 0. The molecule has 0 saturated carbocycles. The summed E-state index contributed by atoms with van der Waals surface area (Å²) in [7, 11) is 1.79. The van der Waals surface area contributed by atoms with Crippen LogP contribution in [0.15, 0.2) is 41.2 Å². The van der Waals surface area contributed by atoms with Crippen molar-refractivity contribution in [2.45, 2.75) is 0 Å². The summed E-state index contributed by atoms with van der Waals surface area (Å²) < 4.78 is 25.4. The lowest BCUT2D eigenvalue weighted by atomic mass is 10.2. The average molecular weight is 313 g/mol. The van der Waals surface area contributed by atoms with E-state index in [4.69, 9.17) is 18.5 Å². The van der Waals surface area contributed by atoms with Gasteiger partial charge in [0.25, 0.3) is 0 Å². The fourth-order valence-electron chi connectivity index (χ4n) is 1.47. The third-order valence-electron chi connectivity index (χ3n) is 2.48. The molecule has 118 valence electrons. The van der Waals surface area contributed by atoms with Crippen molar-refractivity contribution in [3.63, 3.8) is 0 Å². The Balaban J connectivity index is 2.12. The van der Waals surface area contributed by atoms with Crippen molar-refractivity contribution in [1.82, 2.24) is 0 Å². The van der Waals surface area contributed by atoms with Gasteiger partial charge in [-0.2, -0.15) is 0 Å². The molecule has 0 N–H and O–H groups in total. The Kier molecular flexibility index (Phi) is 11.0. The first-order chi connectivity index (χ1) is 10.4. The second kappa shape index (κ2) is 12.7. The lowest BCUT2D eigenvalue weighted by Gasteiger charge is -2.08. The predicted octanol–water partition coefficient (Wildman–Crippen LogP) is 3.25. The first kappa shape index (κ1) is 18.1. The minimum Gasteiger partial charge on any atom is -0.382 e. The quantitative estimate of drug-likeness (QED) is 0.465. The molecule has 0 aliphatic heterocycles. The number of hydrogen-bond acceptors (Lipinski definition) is 5. The standard InChI is InChI=1S/C15H24NO4P/c1-16-21(20-14-13-18-12-11-17-2)19-10-6-9-15-7-4-3-5-8-15/h3-9,21H,10-14H2,1-2H3/b9-6+. The first-order valence-corrected chi connectivity index (χ1v) is 8.14. The van der Waals surface area contributed by atoms with Gasteiger partial charge in [-0.15, -0.1) is 0 Å². The van der Waals surface area contributed by atoms with Gasteiger partial charge in [0.05, 0.1) is 33.0 Å². The normalized spacial score (nSPS) is 13.0. The maximum Gasteiger partial charge on any atom is 0.199 e. The van der Waals surface area contributed by atoms with E-state index in [0.29, 0.717) is 33.0 Å². The van der Waals surface area contributed by atoms with Crippen LogP contribution in [0.3, 0.4) is 0 Å². The van der Waals surface area contributed by atoms with Crippen LogP contribution >= 0.6 is 8.17 Å². The molecular formula is C15H24NO4P. The Morgan fingerprint density at radius 1 is 1.05 bits per heavy atom. The van der Waals surface area contributed by atoms with E-state index in [1.54, 1.807) is 14.2 Å². The molecule has 0 radical (unpaired) electrons. The van der Waals surface area contributed by atoms with E-state index < -0.39 is 8.17 Å².